The molecular weight excluding hydrogens is 332 g/mol. The molecule has 1 N–H and O–H groups in total. The predicted octanol–water partition coefficient (Wildman–Crippen LogP) is 2.86. The fraction of sp³-hybridized carbons (Fsp3) is 0.235. The summed E-state index contributed by atoms with van der Waals surface area (Å²) in [4.78, 5) is 27.3. The summed E-state index contributed by atoms with van der Waals surface area (Å²) in [5.41, 5.74) is 1.36. The molecule has 0 saturated heterocycles. The van der Waals surface area contributed by atoms with Gasteiger partial charge < -0.3 is 14.8 Å². The number of nitrogens with one attached hydrogen (secondary N) is 1. The lowest BCUT2D eigenvalue weighted by Gasteiger charge is -2.07. The van der Waals surface area contributed by atoms with Gasteiger partial charge in [0.1, 0.15) is 5.75 Å². The number of carbonyl (C=O) groups is 2. The highest BCUT2D eigenvalue weighted by Gasteiger charge is 2.10. The van der Waals surface area contributed by atoms with Gasteiger partial charge in [-0.15, -0.1) is 0 Å². The maximum absolute atomic E-state index is 11.7. The van der Waals surface area contributed by atoms with Crippen molar-refractivity contribution in [3.05, 3.63) is 53.3 Å². The second kappa shape index (κ2) is 8.88. The molecule has 0 atom stereocenters. The molecule has 0 fully saturated rings. The van der Waals surface area contributed by atoms with Crippen LogP contribution in [-0.2, 0) is 20.7 Å². The van der Waals surface area contributed by atoms with E-state index < -0.39 is 11.9 Å². The van der Waals surface area contributed by atoms with Gasteiger partial charge in [-0.05, 0) is 36.2 Å². The zero-order valence-electron chi connectivity index (χ0n) is 13.1. The molecule has 24 heavy (non-hydrogen) atoms. The van der Waals surface area contributed by atoms with E-state index in [2.05, 4.69) is 10.3 Å². The molecule has 1 aromatic heterocycles. The van der Waals surface area contributed by atoms with E-state index in [9.17, 15) is 9.59 Å². The van der Waals surface area contributed by atoms with Crippen molar-refractivity contribution in [3.63, 3.8) is 0 Å². The summed E-state index contributed by atoms with van der Waals surface area (Å²) < 4.78 is 10.0. The molecule has 0 unspecified atom stereocenters. The number of pyridine rings is 1. The molecule has 0 bridgehead atoms. The molecule has 6 nitrogen and oxygen atoms in total. The number of nitrogens with zero attached hydrogens (tertiary/aromatic N) is 1. The van der Waals surface area contributed by atoms with Gasteiger partial charge in [0.15, 0.2) is 11.8 Å². The third-order valence-electron chi connectivity index (χ3n) is 3.17. The predicted molar refractivity (Wildman–Crippen MR) is 90.2 cm³/mol. The maximum Gasteiger partial charge on any atom is 0.306 e. The van der Waals surface area contributed by atoms with E-state index in [0.29, 0.717) is 12.1 Å². The molecule has 2 aromatic rings. The average molecular weight is 349 g/mol. The number of hydrogen-bond acceptors (Lipinski definition) is 5. The van der Waals surface area contributed by atoms with Gasteiger partial charge in [-0.1, -0.05) is 23.7 Å². The zero-order chi connectivity index (χ0) is 17.4. The Morgan fingerprint density at radius 3 is 2.62 bits per heavy atom. The fourth-order valence-electron chi connectivity index (χ4n) is 1.92. The number of rotatable bonds is 7. The van der Waals surface area contributed by atoms with Crippen LogP contribution in [0.15, 0.2) is 42.6 Å². The molecule has 0 radical (unpaired) electrons. The van der Waals surface area contributed by atoms with Crippen LogP contribution in [0.3, 0.4) is 0 Å². The summed E-state index contributed by atoms with van der Waals surface area (Å²) in [6.45, 7) is -0.368. The van der Waals surface area contributed by atoms with Crippen LogP contribution in [0.2, 0.25) is 5.15 Å². The van der Waals surface area contributed by atoms with Crippen molar-refractivity contribution >= 4 is 29.2 Å². The number of carbonyl (C=O) groups excluding carboxylic acids is 2. The van der Waals surface area contributed by atoms with E-state index in [1.54, 1.807) is 19.2 Å². The molecule has 0 aliphatic heterocycles. The zero-order valence-corrected chi connectivity index (χ0v) is 13.9. The summed E-state index contributed by atoms with van der Waals surface area (Å²) in [5.74, 6) is -0.159. The van der Waals surface area contributed by atoms with Gasteiger partial charge in [0.25, 0.3) is 5.91 Å². The molecule has 1 heterocycles. The van der Waals surface area contributed by atoms with E-state index in [0.717, 1.165) is 11.3 Å². The van der Waals surface area contributed by atoms with E-state index in [1.807, 2.05) is 24.3 Å². The summed E-state index contributed by atoms with van der Waals surface area (Å²) in [7, 11) is 1.59. The Balaban J connectivity index is 1.72. The van der Waals surface area contributed by atoms with Crippen LogP contribution >= 0.6 is 11.6 Å². The Labute approximate surface area is 144 Å². The number of benzene rings is 1. The van der Waals surface area contributed by atoms with E-state index in [4.69, 9.17) is 21.1 Å². The number of anilines is 1. The number of esters is 1. The minimum Gasteiger partial charge on any atom is -0.497 e. The topological polar surface area (TPSA) is 77.5 Å². The van der Waals surface area contributed by atoms with Crippen molar-refractivity contribution in [1.29, 1.82) is 0 Å². The van der Waals surface area contributed by atoms with E-state index in [-0.39, 0.29) is 18.2 Å². The molecule has 7 heteroatoms. The van der Waals surface area contributed by atoms with Gasteiger partial charge >= 0.3 is 5.97 Å². The van der Waals surface area contributed by atoms with Crippen molar-refractivity contribution in [2.24, 2.45) is 0 Å². The number of aromatic nitrogens is 1. The van der Waals surface area contributed by atoms with Gasteiger partial charge in [-0.25, -0.2) is 4.98 Å². The van der Waals surface area contributed by atoms with E-state index >= 15 is 0 Å². The lowest BCUT2D eigenvalue weighted by Crippen LogP contribution is -2.21. The van der Waals surface area contributed by atoms with Crippen molar-refractivity contribution < 1.29 is 19.1 Å². The van der Waals surface area contributed by atoms with Crippen molar-refractivity contribution in [1.82, 2.24) is 4.98 Å². The van der Waals surface area contributed by atoms with Gasteiger partial charge in [0.05, 0.1) is 12.8 Å². The number of halogens is 1. The Morgan fingerprint density at radius 2 is 1.96 bits per heavy atom. The number of hydrogen-bond donors (Lipinski definition) is 1. The third kappa shape index (κ3) is 5.55. The largest absolute Gasteiger partial charge is 0.497 e. The Kier molecular flexibility index (Phi) is 6.57. The first-order chi connectivity index (χ1) is 11.6. The Morgan fingerprint density at radius 1 is 1.21 bits per heavy atom. The van der Waals surface area contributed by atoms with Crippen molar-refractivity contribution in [2.75, 3.05) is 19.0 Å². The Bertz CT molecular complexity index is 704. The summed E-state index contributed by atoms with van der Waals surface area (Å²) in [6, 6.07) is 10.7. The molecule has 2 rings (SSSR count). The fourth-order valence-corrected chi connectivity index (χ4v) is 2.09. The SMILES string of the molecule is COc1ccc(CCC(=O)OCC(=O)Nc2cccnc2Cl)cc1. The first kappa shape index (κ1) is 17.7. The third-order valence-corrected chi connectivity index (χ3v) is 3.48. The first-order valence-electron chi connectivity index (χ1n) is 7.27. The minimum atomic E-state index is -0.470. The smallest absolute Gasteiger partial charge is 0.306 e. The molecular formula is C17H17ClN2O4. The van der Waals surface area contributed by atoms with Gasteiger partial charge in [0, 0.05) is 12.6 Å². The number of aryl methyl sites for hydroxylation is 1. The van der Waals surface area contributed by atoms with Crippen molar-refractivity contribution in [2.45, 2.75) is 12.8 Å². The molecule has 1 amide bonds. The standard InChI is InChI=1S/C17H17ClN2O4/c1-23-13-7-4-12(5-8-13)6-9-16(22)24-11-15(21)20-14-3-2-10-19-17(14)18/h2-5,7-8,10H,6,9,11H2,1H3,(H,20,21). The normalized spacial score (nSPS) is 10.1. The quantitative estimate of drug-likeness (QED) is 0.615. The highest BCUT2D eigenvalue weighted by molar-refractivity contribution is 6.32. The van der Waals surface area contributed by atoms with Crippen molar-refractivity contribution in [3.8, 4) is 5.75 Å². The second-order valence-electron chi connectivity index (χ2n) is 4.90. The number of methoxy groups -OCH3 is 1. The van der Waals surface area contributed by atoms with Crippen LogP contribution in [0.1, 0.15) is 12.0 Å². The minimum absolute atomic E-state index is 0.177. The lowest BCUT2D eigenvalue weighted by molar-refractivity contribution is -0.147. The summed E-state index contributed by atoms with van der Waals surface area (Å²) in [6.07, 6.45) is 2.23. The van der Waals surface area contributed by atoms with Crippen LogP contribution < -0.4 is 10.1 Å². The summed E-state index contributed by atoms with van der Waals surface area (Å²) in [5, 5.41) is 2.71. The highest BCUT2D eigenvalue weighted by atomic mass is 35.5. The lowest BCUT2D eigenvalue weighted by atomic mass is 10.1. The number of ether oxygens (including phenoxy) is 2. The molecule has 126 valence electrons. The van der Waals surface area contributed by atoms with Crippen LogP contribution in [0.25, 0.3) is 0 Å². The highest BCUT2D eigenvalue weighted by Crippen LogP contribution is 2.17. The van der Waals surface area contributed by atoms with E-state index in [1.165, 1.54) is 6.20 Å². The van der Waals surface area contributed by atoms with Crippen LogP contribution in [0.4, 0.5) is 5.69 Å². The van der Waals surface area contributed by atoms with Gasteiger partial charge in [0.2, 0.25) is 0 Å². The second-order valence-corrected chi connectivity index (χ2v) is 5.26. The van der Waals surface area contributed by atoms with Crippen LogP contribution in [-0.4, -0.2) is 30.6 Å². The molecule has 0 spiro atoms. The van der Waals surface area contributed by atoms with Crippen LogP contribution in [0.5, 0.6) is 5.75 Å². The van der Waals surface area contributed by atoms with Gasteiger partial charge in [-0.2, -0.15) is 0 Å². The van der Waals surface area contributed by atoms with Crippen LogP contribution in [0, 0.1) is 0 Å². The number of amides is 1. The van der Waals surface area contributed by atoms with Gasteiger partial charge in [-0.3, -0.25) is 9.59 Å². The average Bonchev–Trinajstić information content (AvgIpc) is 2.60. The molecule has 0 aliphatic carbocycles. The Hall–Kier alpha value is -2.60. The maximum atomic E-state index is 11.7. The molecule has 0 saturated carbocycles. The first-order valence-corrected chi connectivity index (χ1v) is 7.65. The monoisotopic (exact) mass is 348 g/mol. The summed E-state index contributed by atoms with van der Waals surface area (Å²) >= 11 is 5.83. The molecule has 0 aliphatic rings. The molecule has 1 aromatic carbocycles.